The van der Waals surface area contributed by atoms with Gasteiger partial charge in [-0.05, 0) is 35.8 Å². The van der Waals surface area contributed by atoms with E-state index in [0.29, 0.717) is 5.92 Å². The first-order valence-corrected chi connectivity index (χ1v) is 6.52. The molecule has 0 fully saturated rings. The van der Waals surface area contributed by atoms with Crippen LogP contribution in [-0.4, -0.2) is 10.9 Å². The Hall–Kier alpha value is -0.470. The number of rotatable bonds is 5. The molecule has 1 rings (SSSR count). The third-order valence-corrected chi connectivity index (χ3v) is 3.16. The van der Waals surface area contributed by atoms with Crippen molar-refractivity contribution in [2.24, 2.45) is 5.92 Å². The van der Waals surface area contributed by atoms with Gasteiger partial charge in [-0.3, -0.25) is 0 Å². The lowest BCUT2D eigenvalue weighted by Crippen LogP contribution is -2.01. The molecular weight excluding hydrogens is 204 g/mol. The van der Waals surface area contributed by atoms with Crippen LogP contribution >= 0.6 is 11.8 Å². The monoisotopic (exact) mass is 224 g/mol. The maximum absolute atomic E-state index is 9.90. The summed E-state index contributed by atoms with van der Waals surface area (Å²) in [5, 5.41) is 9.90. The standard InChI is InChI=1S/C13H20OS/c1-4-15-12-7-5-11(6-8-12)13(14)9-10(2)3/h5-8,10,13-14H,4,9H2,1-3H3. The average molecular weight is 224 g/mol. The fraction of sp³-hybridized carbons (Fsp3) is 0.538. The fourth-order valence-electron chi connectivity index (χ4n) is 1.54. The highest BCUT2D eigenvalue weighted by atomic mass is 32.2. The molecule has 15 heavy (non-hydrogen) atoms. The molecule has 1 unspecified atom stereocenters. The Morgan fingerprint density at radius 3 is 2.27 bits per heavy atom. The molecule has 1 aromatic carbocycles. The van der Waals surface area contributed by atoms with Crippen molar-refractivity contribution in [2.75, 3.05) is 5.75 Å². The minimum absolute atomic E-state index is 0.314. The summed E-state index contributed by atoms with van der Waals surface area (Å²) in [5.74, 6) is 1.62. The lowest BCUT2D eigenvalue weighted by atomic mass is 10.00. The van der Waals surface area contributed by atoms with Gasteiger partial charge in [-0.15, -0.1) is 11.8 Å². The van der Waals surface area contributed by atoms with Crippen molar-refractivity contribution in [2.45, 2.75) is 38.2 Å². The van der Waals surface area contributed by atoms with Gasteiger partial charge in [-0.25, -0.2) is 0 Å². The molecule has 0 aliphatic carbocycles. The normalized spacial score (nSPS) is 13.1. The summed E-state index contributed by atoms with van der Waals surface area (Å²) in [6.07, 6.45) is 0.519. The molecule has 0 spiro atoms. The van der Waals surface area contributed by atoms with Crippen molar-refractivity contribution in [1.29, 1.82) is 0 Å². The van der Waals surface area contributed by atoms with Crippen LogP contribution in [0, 0.1) is 5.92 Å². The van der Waals surface area contributed by atoms with E-state index < -0.39 is 0 Å². The van der Waals surface area contributed by atoms with E-state index in [1.807, 2.05) is 23.9 Å². The number of aliphatic hydroxyl groups is 1. The third kappa shape index (κ3) is 4.27. The quantitative estimate of drug-likeness (QED) is 0.766. The minimum atomic E-state index is -0.314. The lowest BCUT2D eigenvalue weighted by molar-refractivity contribution is 0.151. The molecule has 1 atom stereocenters. The molecule has 0 aliphatic rings. The van der Waals surface area contributed by atoms with E-state index >= 15 is 0 Å². The number of hydrogen-bond donors (Lipinski definition) is 1. The number of thioether (sulfide) groups is 1. The van der Waals surface area contributed by atoms with E-state index in [0.717, 1.165) is 17.7 Å². The lowest BCUT2D eigenvalue weighted by Gasteiger charge is -2.13. The van der Waals surface area contributed by atoms with E-state index in [9.17, 15) is 5.11 Å². The molecule has 0 aromatic heterocycles. The van der Waals surface area contributed by atoms with Gasteiger partial charge in [0.25, 0.3) is 0 Å². The van der Waals surface area contributed by atoms with E-state index in [-0.39, 0.29) is 6.10 Å². The van der Waals surface area contributed by atoms with Crippen molar-refractivity contribution < 1.29 is 5.11 Å². The molecule has 1 nitrogen and oxygen atoms in total. The van der Waals surface area contributed by atoms with Crippen molar-refractivity contribution in [1.82, 2.24) is 0 Å². The van der Waals surface area contributed by atoms with Gasteiger partial charge in [0.15, 0.2) is 0 Å². The molecule has 2 heteroatoms. The summed E-state index contributed by atoms with van der Waals surface area (Å²) < 4.78 is 0. The van der Waals surface area contributed by atoms with Crippen LogP contribution in [0.25, 0.3) is 0 Å². The third-order valence-electron chi connectivity index (χ3n) is 2.27. The Morgan fingerprint density at radius 1 is 1.20 bits per heavy atom. The van der Waals surface area contributed by atoms with Gasteiger partial charge >= 0.3 is 0 Å². The molecule has 0 heterocycles. The summed E-state index contributed by atoms with van der Waals surface area (Å²) in [5.41, 5.74) is 1.03. The van der Waals surface area contributed by atoms with Crippen LogP contribution in [0.3, 0.4) is 0 Å². The molecule has 0 bridgehead atoms. The predicted octanol–water partition coefficient (Wildman–Crippen LogP) is 3.88. The largest absolute Gasteiger partial charge is 0.388 e. The van der Waals surface area contributed by atoms with Crippen LogP contribution < -0.4 is 0 Å². The highest BCUT2D eigenvalue weighted by molar-refractivity contribution is 7.99. The van der Waals surface area contributed by atoms with E-state index in [1.54, 1.807) is 0 Å². The Bertz CT molecular complexity index is 279. The van der Waals surface area contributed by atoms with Gasteiger partial charge in [0.05, 0.1) is 6.10 Å². The number of aliphatic hydroxyl groups excluding tert-OH is 1. The fourth-order valence-corrected chi connectivity index (χ4v) is 2.20. The minimum Gasteiger partial charge on any atom is -0.388 e. The van der Waals surface area contributed by atoms with Gasteiger partial charge in [0.2, 0.25) is 0 Å². The van der Waals surface area contributed by atoms with Crippen LogP contribution in [0.5, 0.6) is 0 Å². The molecule has 1 aromatic rings. The molecule has 0 saturated heterocycles. The second kappa shape index (κ2) is 6.19. The first-order chi connectivity index (χ1) is 7.13. The molecule has 1 N–H and O–H groups in total. The highest BCUT2D eigenvalue weighted by Gasteiger charge is 2.09. The second-order valence-corrected chi connectivity index (χ2v) is 5.48. The maximum Gasteiger partial charge on any atom is 0.0792 e. The van der Waals surface area contributed by atoms with Crippen LogP contribution in [-0.2, 0) is 0 Å². The van der Waals surface area contributed by atoms with Crippen LogP contribution in [0.4, 0.5) is 0 Å². The van der Waals surface area contributed by atoms with Gasteiger partial charge < -0.3 is 5.11 Å². The Labute approximate surface area is 96.9 Å². The first-order valence-electron chi connectivity index (χ1n) is 5.54. The molecule has 0 saturated carbocycles. The Kier molecular flexibility index (Phi) is 5.20. The topological polar surface area (TPSA) is 20.2 Å². The van der Waals surface area contributed by atoms with Crippen molar-refractivity contribution >= 4 is 11.8 Å². The highest BCUT2D eigenvalue weighted by Crippen LogP contribution is 2.24. The summed E-state index contributed by atoms with van der Waals surface area (Å²) in [4.78, 5) is 1.28. The molecular formula is C13H20OS. The Morgan fingerprint density at radius 2 is 1.80 bits per heavy atom. The van der Waals surface area contributed by atoms with Crippen molar-refractivity contribution in [3.8, 4) is 0 Å². The maximum atomic E-state index is 9.90. The summed E-state index contributed by atoms with van der Waals surface area (Å²) in [7, 11) is 0. The van der Waals surface area contributed by atoms with Crippen LogP contribution in [0.1, 0.15) is 38.9 Å². The van der Waals surface area contributed by atoms with Crippen LogP contribution in [0.2, 0.25) is 0 Å². The van der Waals surface area contributed by atoms with Crippen LogP contribution in [0.15, 0.2) is 29.2 Å². The zero-order valence-electron chi connectivity index (χ0n) is 9.73. The summed E-state index contributed by atoms with van der Waals surface area (Å²) in [6, 6.07) is 8.25. The Balaban J connectivity index is 2.62. The van der Waals surface area contributed by atoms with Crippen molar-refractivity contribution in [3.05, 3.63) is 29.8 Å². The average Bonchev–Trinajstić information content (AvgIpc) is 2.18. The van der Waals surface area contributed by atoms with E-state index in [4.69, 9.17) is 0 Å². The molecule has 0 radical (unpaired) electrons. The smallest absolute Gasteiger partial charge is 0.0792 e. The van der Waals surface area contributed by atoms with Gasteiger partial charge in [0, 0.05) is 4.90 Å². The molecule has 84 valence electrons. The van der Waals surface area contributed by atoms with E-state index in [1.165, 1.54) is 4.90 Å². The SMILES string of the molecule is CCSc1ccc(C(O)CC(C)C)cc1. The molecule has 0 amide bonds. The second-order valence-electron chi connectivity index (χ2n) is 4.15. The van der Waals surface area contributed by atoms with Gasteiger partial charge in [-0.1, -0.05) is 32.9 Å². The predicted molar refractivity (Wildman–Crippen MR) is 67.3 cm³/mol. The number of hydrogen-bond acceptors (Lipinski definition) is 2. The van der Waals surface area contributed by atoms with Crippen molar-refractivity contribution in [3.63, 3.8) is 0 Å². The zero-order chi connectivity index (χ0) is 11.3. The zero-order valence-corrected chi connectivity index (χ0v) is 10.6. The van der Waals surface area contributed by atoms with Gasteiger partial charge in [0.1, 0.15) is 0 Å². The molecule has 0 aliphatic heterocycles. The summed E-state index contributed by atoms with van der Waals surface area (Å²) >= 11 is 1.83. The van der Waals surface area contributed by atoms with Gasteiger partial charge in [-0.2, -0.15) is 0 Å². The van der Waals surface area contributed by atoms with E-state index in [2.05, 4.69) is 32.9 Å². The number of benzene rings is 1. The first kappa shape index (κ1) is 12.6. The summed E-state index contributed by atoms with van der Waals surface area (Å²) in [6.45, 7) is 6.40.